The highest BCUT2D eigenvalue weighted by Crippen LogP contribution is 2.36. The maximum absolute atomic E-state index is 13.2. The molecule has 1 aliphatic heterocycles. The van der Waals surface area contributed by atoms with E-state index < -0.39 is 0 Å². The highest BCUT2D eigenvalue weighted by Gasteiger charge is 2.32. The quantitative estimate of drug-likeness (QED) is 0.666. The van der Waals surface area contributed by atoms with Crippen molar-refractivity contribution in [3.63, 3.8) is 0 Å². The van der Waals surface area contributed by atoms with Gasteiger partial charge in [0, 0.05) is 36.0 Å². The monoisotopic (exact) mass is 393 g/mol. The third kappa shape index (κ3) is 3.12. The SMILES string of the molecule is Cc1cc(C)n2ncc(C(=O)N3CCC(c4onc5c4C[C@@H](C)CC5)CC3)c2n1. The first-order valence-corrected chi connectivity index (χ1v) is 10.6. The maximum Gasteiger partial charge on any atom is 0.259 e. The van der Waals surface area contributed by atoms with Crippen LogP contribution in [0.3, 0.4) is 0 Å². The minimum Gasteiger partial charge on any atom is -0.361 e. The normalized spacial score (nSPS) is 20.2. The van der Waals surface area contributed by atoms with E-state index in [1.165, 1.54) is 12.0 Å². The van der Waals surface area contributed by atoms with E-state index in [0.717, 1.165) is 61.6 Å². The predicted octanol–water partition coefficient (Wildman–Crippen LogP) is 3.48. The topological polar surface area (TPSA) is 76.5 Å². The molecule has 4 heterocycles. The first-order valence-electron chi connectivity index (χ1n) is 10.6. The molecule has 1 saturated heterocycles. The maximum atomic E-state index is 13.2. The van der Waals surface area contributed by atoms with E-state index in [4.69, 9.17) is 4.52 Å². The molecule has 0 spiro atoms. The number of carbonyl (C=O) groups is 1. The number of hydrogen-bond acceptors (Lipinski definition) is 5. The largest absolute Gasteiger partial charge is 0.361 e. The van der Waals surface area contributed by atoms with Gasteiger partial charge in [-0.25, -0.2) is 9.50 Å². The first-order chi connectivity index (χ1) is 14.0. The van der Waals surface area contributed by atoms with Crippen LogP contribution in [0.4, 0.5) is 0 Å². The summed E-state index contributed by atoms with van der Waals surface area (Å²) in [7, 11) is 0. The molecular weight excluding hydrogens is 366 g/mol. The zero-order chi connectivity index (χ0) is 20.1. The van der Waals surface area contributed by atoms with Gasteiger partial charge in [0.2, 0.25) is 0 Å². The molecule has 0 bridgehead atoms. The molecule has 29 heavy (non-hydrogen) atoms. The van der Waals surface area contributed by atoms with Gasteiger partial charge < -0.3 is 9.42 Å². The van der Waals surface area contributed by atoms with Crippen LogP contribution in [0.25, 0.3) is 5.65 Å². The van der Waals surface area contributed by atoms with Crippen LogP contribution in [-0.4, -0.2) is 43.7 Å². The number of amides is 1. The number of carbonyl (C=O) groups excluding carboxylic acids is 1. The van der Waals surface area contributed by atoms with E-state index in [-0.39, 0.29) is 5.91 Å². The van der Waals surface area contributed by atoms with Crippen molar-refractivity contribution in [3.05, 3.63) is 46.2 Å². The fraction of sp³-hybridized carbons (Fsp3) is 0.545. The standard InChI is InChI=1S/C22H27N5O2/c1-13-4-5-19-17(10-13)20(29-25-19)16-6-8-26(9-7-16)22(28)18-12-23-27-15(3)11-14(2)24-21(18)27/h11-13,16H,4-10H2,1-3H3/t13-/m0/s1. The van der Waals surface area contributed by atoms with Gasteiger partial charge in [-0.15, -0.1) is 0 Å². The van der Waals surface area contributed by atoms with Crippen LogP contribution in [0.1, 0.15) is 70.9 Å². The Morgan fingerprint density at radius 2 is 2.00 bits per heavy atom. The Morgan fingerprint density at radius 1 is 1.21 bits per heavy atom. The molecule has 0 aromatic carbocycles. The molecule has 1 aliphatic carbocycles. The molecule has 0 radical (unpaired) electrons. The average Bonchev–Trinajstić information content (AvgIpc) is 3.31. The molecular formula is C22H27N5O2. The van der Waals surface area contributed by atoms with Crippen molar-refractivity contribution in [1.29, 1.82) is 0 Å². The summed E-state index contributed by atoms with van der Waals surface area (Å²) in [6.45, 7) is 7.66. The van der Waals surface area contributed by atoms with Crippen LogP contribution in [-0.2, 0) is 12.8 Å². The Labute approximate surface area is 170 Å². The lowest BCUT2D eigenvalue weighted by Gasteiger charge is -2.31. The van der Waals surface area contributed by atoms with Crippen LogP contribution >= 0.6 is 0 Å². The molecule has 0 saturated carbocycles. The summed E-state index contributed by atoms with van der Waals surface area (Å²) in [6, 6.07) is 1.97. The molecule has 3 aromatic heterocycles. The zero-order valence-corrected chi connectivity index (χ0v) is 17.3. The van der Waals surface area contributed by atoms with Gasteiger partial charge in [0.1, 0.15) is 11.3 Å². The lowest BCUT2D eigenvalue weighted by Crippen LogP contribution is -2.38. The van der Waals surface area contributed by atoms with E-state index in [1.807, 2.05) is 24.8 Å². The van der Waals surface area contributed by atoms with E-state index >= 15 is 0 Å². The molecule has 7 heteroatoms. The zero-order valence-electron chi connectivity index (χ0n) is 17.3. The van der Waals surface area contributed by atoms with Gasteiger partial charge in [-0.3, -0.25) is 4.79 Å². The Balaban J connectivity index is 1.33. The summed E-state index contributed by atoms with van der Waals surface area (Å²) in [5.41, 5.74) is 5.60. The van der Waals surface area contributed by atoms with Gasteiger partial charge in [0.25, 0.3) is 5.91 Å². The Kier molecular flexibility index (Phi) is 4.41. The average molecular weight is 393 g/mol. The minimum atomic E-state index is 0.0178. The summed E-state index contributed by atoms with van der Waals surface area (Å²) in [5.74, 6) is 2.14. The van der Waals surface area contributed by atoms with Gasteiger partial charge in [0.05, 0.1) is 11.9 Å². The van der Waals surface area contributed by atoms with E-state index in [1.54, 1.807) is 10.7 Å². The lowest BCUT2D eigenvalue weighted by molar-refractivity contribution is 0.0707. The fourth-order valence-corrected chi connectivity index (χ4v) is 4.86. The Hall–Kier alpha value is -2.70. The molecule has 0 N–H and O–H groups in total. The van der Waals surface area contributed by atoms with Gasteiger partial charge in [-0.1, -0.05) is 12.1 Å². The molecule has 7 nitrogen and oxygen atoms in total. The van der Waals surface area contributed by atoms with Crippen molar-refractivity contribution in [2.45, 2.75) is 58.8 Å². The number of fused-ring (bicyclic) bond motifs is 2. The highest BCUT2D eigenvalue weighted by atomic mass is 16.5. The van der Waals surface area contributed by atoms with Crippen LogP contribution in [0, 0.1) is 19.8 Å². The van der Waals surface area contributed by atoms with Crippen molar-refractivity contribution in [2.75, 3.05) is 13.1 Å². The number of piperidine rings is 1. The molecule has 5 rings (SSSR count). The Morgan fingerprint density at radius 3 is 2.79 bits per heavy atom. The first kappa shape index (κ1) is 18.3. The molecule has 152 valence electrons. The van der Waals surface area contributed by atoms with Gasteiger partial charge >= 0.3 is 0 Å². The van der Waals surface area contributed by atoms with Crippen molar-refractivity contribution in [3.8, 4) is 0 Å². The molecule has 1 atom stereocenters. The second-order valence-electron chi connectivity index (χ2n) is 8.72. The molecule has 1 amide bonds. The smallest absolute Gasteiger partial charge is 0.259 e. The molecule has 1 fully saturated rings. The van der Waals surface area contributed by atoms with Crippen LogP contribution in [0.2, 0.25) is 0 Å². The summed E-state index contributed by atoms with van der Waals surface area (Å²) in [6.07, 6.45) is 6.76. The summed E-state index contributed by atoms with van der Waals surface area (Å²) >= 11 is 0. The van der Waals surface area contributed by atoms with Crippen LogP contribution in [0.5, 0.6) is 0 Å². The minimum absolute atomic E-state index is 0.0178. The summed E-state index contributed by atoms with van der Waals surface area (Å²) < 4.78 is 7.53. The van der Waals surface area contributed by atoms with Gasteiger partial charge in [0.15, 0.2) is 5.65 Å². The molecule has 0 unspecified atom stereocenters. The third-order valence-corrected chi connectivity index (χ3v) is 6.49. The number of aromatic nitrogens is 4. The third-order valence-electron chi connectivity index (χ3n) is 6.49. The number of likely N-dealkylation sites (tertiary alicyclic amines) is 1. The highest BCUT2D eigenvalue weighted by molar-refractivity contribution is 5.99. The summed E-state index contributed by atoms with van der Waals surface area (Å²) in [4.78, 5) is 19.6. The van der Waals surface area contributed by atoms with Crippen molar-refractivity contribution >= 4 is 11.6 Å². The van der Waals surface area contributed by atoms with Crippen LogP contribution in [0.15, 0.2) is 16.8 Å². The lowest BCUT2D eigenvalue weighted by atomic mass is 9.83. The second-order valence-corrected chi connectivity index (χ2v) is 8.72. The van der Waals surface area contributed by atoms with E-state index in [0.29, 0.717) is 23.0 Å². The number of nitrogens with zero attached hydrogens (tertiary/aromatic N) is 5. The molecule has 3 aromatic rings. The Bertz CT molecular complexity index is 1070. The van der Waals surface area contributed by atoms with Crippen molar-refractivity contribution in [2.24, 2.45) is 5.92 Å². The summed E-state index contributed by atoms with van der Waals surface area (Å²) in [5, 5.41) is 8.71. The van der Waals surface area contributed by atoms with E-state index in [2.05, 4.69) is 22.2 Å². The van der Waals surface area contributed by atoms with E-state index in [9.17, 15) is 4.79 Å². The van der Waals surface area contributed by atoms with Crippen LogP contribution < -0.4 is 0 Å². The number of rotatable bonds is 2. The molecule has 2 aliphatic rings. The number of aryl methyl sites for hydroxylation is 3. The van der Waals surface area contributed by atoms with Crippen molar-refractivity contribution in [1.82, 2.24) is 24.7 Å². The number of hydrogen-bond donors (Lipinski definition) is 0. The second kappa shape index (κ2) is 6.97. The van der Waals surface area contributed by atoms with Gasteiger partial charge in [-0.05, 0) is 57.9 Å². The predicted molar refractivity (Wildman–Crippen MR) is 108 cm³/mol. The van der Waals surface area contributed by atoms with Crippen molar-refractivity contribution < 1.29 is 9.32 Å². The van der Waals surface area contributed by atoms with Gasteiger partial charge in [-0.2, -0.15) is 5.10 Å². The fourth-order valence-electron chi connectivity index (χ4n) is 4.86.